The summed E-state index contributed by atoms with van der Waals surface area (Å²) in [7, 11) is 0. The number of hydrogen-bond acceptors (Lipinski definition) is 6. The predicted molar refractivity (Wildman–Crippen MR) is 87.4 cm³/mol. The molecule has 0 unspecified atom stereocenters. The van der Waals surface area contributed by atoms with Crippen LogP contribution in [-0.4, -0.2) is 50.1 Å². The molecule has 2 N–H and O–H groups in total. The fourth-order valence-electron chi connectivity index (χ4n) is 2.79. The van der Waals surface area contributed by atoms with E-state index in [-0.39, 0.29) is 29.1 Å². The van der Waals surface area contributed by atoms with Crippen molar-refractivity contribution in [3.8, 4) is 0 Å². The summed E-state index contributed by atoms with van der Waals surface area (Å²) in [6.45, 7) is 0.702. The number of piperidine rings is 1. The van der Waals surface area contributed by atoms with Crippen molar-refractivity contribution in [3.63, 3.8) is 0 Å². The van der Waals surface area contributed by atoms with Gasteiger partial charge in [-0.15, -0.1) is 0 Å². The first-order valence-corrected chi connectivity index (χ1v) is 7.67. The molecule has 1 amide bonds. The summed E-state index contributed by atoms with van der Waals surface area (Å²) in [4.78, 5) is 31.4. The van der Waals surface area contributed by atoms with Gasteiger partial charge in [-0.25, -0.2) is 14.8 Å². The maximum atomic E-state index is 11.3. The second-order valence-corrected chi connectivity index (χ2v) is 5.88. The Morgan fingerprint density at radius 1 is 1.50 bits per heavy atom. The summed E-state index contributed by atoms with van der Waals surface area (Å²) in [5.41, 5.74) is 0.761. The van der Waals surface area contributed by atoms with Crippen molar-refractivity contribution in [1.82, 2.24) is 14.9 Å². The SMILES string of the molecule is O=C(O)N1CCC[C@@H](Nc2c([N+](=O)[O-])cnc3ccc(Cl)nc23)C1. The topological polar surface area (TPSA) is 121 Å². The maximum absolute atomic E-state index is 11.3. The minimum Gasteiger partial charge on any atom is -0.465 e. The summed E-state index contributed by atoms with van der Waals surface area (Å²) < 4.78 is 0. The zero-order valence-corrected chi connectivity index (χ0v) is 13.2. The van der Waals surface area contributed by atoms with Crippen LogP contribution in [0.4, 0.5) is 16.2 Å². The number of aromatic nitrogens is 2. The molecule has 0 spiro atoms. The number of carbonyl (C=O) groups is 1. The number of hydrogen-bond donors (Lipinski definition) is 2. The van der Waals surface area contributed by atoms with Crippen LogP contribution in [0.2, 0.25) is 5.15 Å². The summed E-state index contributed by atoms with van der Waals surface area (Å²) in [6, 6.07) is 2.93. The highest BCUT2D eigenvalue weighted by atomic mass is 35.5. The van der Waals surface area contributed by atoms with E-state index in [0.717, 1.165) is 6.20 Å². The molecule has 0 saturated carbocycles. The molecule has 24 heavy (non-hydrogen) atoms. The van der Waals surface area contributed by atoms with Gasteiger partial charge in [0.05, 0.1) is 10.4 Å². The molecule has 1 aliphatic heterocycles. The lowest BCUT2D eigenvalue weighted by atomic mass is 10.1. The minimum atomic E-state index is -1.00. The Morgan fingerprint density at radius 3 is 3.00 bits per heavy atom. The number of halogens is 1. The van der Waals surface area contributed by atoms with Crippen LogP contribution in [0.3, 0.4) is 0 Å². The van der Waals surface area contributed by atoms with Gasteiger partial charge in [-0.1, -0.05) is 11.6 Å². The summed E-state index contributed by atoms with van der Waals surface area (Å²) >= 11 is 5.91. The number of nitro groups is 1. The lowest BCUT2D eigenvalue weighted by molar-refractivity contribution is -0.384. The number of anilines is 1. The van der Waals surface area contributed by atoms with Gasteiger partial charge in [-0.2, -0.15) is 0 Å². The fraction of sp³-hybridized carbons (Fsp3) is 0.357. The van der Waals surface area contributed by atoms with E-state index in [2.05, 4.69) is 15.3 Å². The molecule has 10 heteroatoms. The molecule has 1 atom stereocenters. The molecule has 1 fully saturated rings. The lowest BCUT2D eigenvalue weighted by Gasteiger charge is -2.31. The molecule has 2 aromatic heterocycles. The Balaban J connectivity index is 2.00. The highest BCUT2D eigenvalue weighted by Gasteiger charge is 2.27. The van der Waals surface area contributed by atoms with E-state index in [9.17, 15) is 14.9 Å². The lowest BCUT2D eigenvalue weighted by Crippen LogP contribution is -2.44. The zero-order chi connectivity index (χ0) is 17.3. The largest absolute Gasteiger partial charge is 0.465 e. The normalized spacial score (nSPS) is 17.7. The van der Waals surface area contributed by atoms with Gasteiger partial charge in [-0.05, 0) is 25.0 Å². The van der Waals surface area contributed by atoms with Crippen molar-refractivity contribution in [2.75, 3.05) is 18.4 Å². The Hall–Kier alpha value is -2.68. The first kappa shape index (κ1) is 16.2. The van der Waals surface area contributed by atoms with Gasteiger partial charge in [0.1, 0.15) is 22.6 Å². The van der Waals surface area contributed by atoms with Crippen molar-refractivity contribution >= 4 is 40.1 Å². The standard InChI is InChI=1S/C14H14ClN5O4/c15-11-4-3-9-12(18-11)13(10(6-16-9)20(23)24)17-8-2-1-5-19(7-8)14(21)22/h3-4,6,8H,1-2,5,7H2,(H,16,17)(H,21,22)/t8-/m1/s1. The van der Waals surface area contributed by atoms with Crippen molar-refractivity contribution < 1.29 is 14.8 Å². The highest BCUT2D eigenvalue weighted by molar-refractivity contribution is 6.29. The molecule has 1 aliphatic rings. The van der Waals surface area contributed by atoms with E-state index >= 15 is 0 Å². The smallest absolute Gasteiger partial charge is 0.407 e. The van der Waals surface area contributed by atoms with E-state index in [1.807, 2.05) is 0 Å². The average Bonchev–Trinajstić information content (AvgIpc) is 2.55. The Labute approximate surface area is 141 Å². The number of fused-ring (bicyclic) bond motifs is 1. The molecule has 3 heterocycles. The number of likely N-dealkylation sites (tertiary alicyclic amines) is 1. The molecule has 2 aromatic rings. The molecule has 0 radical (unpaired) electrons. The van der Waals surface area contributed by atoms with Gasteiger partial charge in [0.2, 0.25) is 0 Å². The van der Waals surface area contributed by atoms with Crippen LogP contribution in [0.5, 0.6) is 0 Å². The third-order valence-corrected chi connectivity index (χ3v) is 4.11. The quantitative estimate of drug-likeness (QED) is 0.495. The number of pyridine rings is 2. The van der Waals surface area contributed by atoms with Crippen molar-refractivity contribution in [2.45, 2.75) is 18.9 Å². The monoisotopic (exact) mass is 351 g/mol. The van der Waals surface area contributed by atoms with E-state index < -0.39 is 11.0 Å². The van der Waals surface area contributed by atoms with Crippen LogP contribution < -0.4 is 5.32 Å². The Kier molecular flexibility index (Phi) is 4.34. The van der Waals surface area contributed by atoms with Gasteiger partial charge in [-0.3, -0.25) is 10.1 Å². The van der Waals surface area contributed by atoms with Crippen LogP contribution in [0, 0.1) is 10.1 Å². The number of amides is 1. The Bertz CT molecular complexity index is 815. The second-order valence-electron chi connectivity index (χ2n) is 5.49. The average molecular weight is 352 g/mol. The third-order valence-electron chi connectivity index (χ3n) is 3.90. The zero-order valence-electron chi connectivity index (χ0n) is 12.5. The molecule has 0 aromatic carbocycles. The predicted octanol–water partition coefficient (Wildman–Crippen LogP) is 2.75. The first-order valence-electron chi connectivity index (χ1n) is 7.30. The Morgan fingerprint density at radius 2 is 2.29 bits per heavy atom. The molecule has 3 rings (SSSR count). The van der Waals surface area contributed by atoms with Crippen LogP contribution in [-0.2, 0) is 0 Å². The molecule has 0 bridgehead atoms. The van der Waals surface area contributed by atoms with Crippen LogP contribution >= 0.6 is 11.6 Å². The second kappa shape index (κ2) is 6.44. The summed E-state index contributed by atoms with van der Waals surface area (Å²) in [6.07, 6.45) is 1.54. The molecule has 126 valence electrons. The van der Waals surface area contributed by atoms with Gasteiger partial charge in [0.15, 0.2) is 0 Å². The summed E-state index contributed by atoms with van der Waals surface area (Å²) in [5, 5.41) is 23.7. The van der Waals surface area contributed by atoms with Gasteiger partial charge in [0.25, 0.3) is 0 Å². The molecular formula is C14H14ClN5O4. The van der Waals surface area contributed by atoms with Crippen LogP contribution in [0.25, 0.3) is 11.0 Å². The number of nitrogens with one attached hydrogen (secondary N) is 1. The number of carboxylic acid groups (broad SMARTS) is 1. The van der Waals surface area contributed by atoms with E-state index in [1.165, 1.54) is 4.90 Å². The van der Waals surface area contributed by atoms with E-state index in [0.29, 0.717) is 30.4 Å². The van der Waals surface area contributed by atoms with E-state index in [1.54, 1.807) is 12.1 Å². The van der Waals surface area contributed by atoms with Crippen molar-refractivity contribution in [1.29, 1.82) is 0 Å². The number of rotatable bonds is 3. The molecule has 0 aliphatic carbocycles. The molecule has 1 saturated heterocycles. The number of nitrogens with zero attached hydrogens (tertiary/aromatic N) is 4. The van der Waals surface area contributed by atoms with Gasteiger partial charge < -0.3 is 15.3 Å². The fourth-order valence-corrected chi connectivity index (χ4v) is 2.93. The van der Waals surface area contributed by atoms with Gasteiger partial charge in [0, 0.05) is 19.1 Å². The maximum Gasteiger partial charge on any atom is 0.407 e. The van der Waals surface area contributed by atoms with Crippen LogP contribution in [0.15, 0.2) is 18.3 Å². The minimum absolute atomic E-state index is 0.198. The first-order chi connectivity index (χ1) is 11.5. The molecule has 9 nitrogen and oxygen atoms in total. The third kappa shape index (κ3) is 3.16. The van der Waals surface area contributed by atoms with Crippen LogP contribution in [0.1, 0.15) is 12.8 Å². The van der Waals surface area contributed by atoms with Crippen molar-refractivity contribution in [2.24, 2.45) is 0 Å². The van der Waals surface area contributed by atoms with Crippen molar-refractivity contribution in [3.05, 3.63) is 33.6 Å². The van der Waals surface area contributed by atoms with E-state index in [4.69, 9.17) is 16.7 Å². The van der Waals surface area contributed by atoms with Gasteiger partial charge >= 0.3 is 11.8 Å². The highest BCUT2D eigenvalue weighted by Crippen LogP contribution is 2.32. The molecular weight excluding hydrogens is 338 g/mol. The summed E-state index contributed by atoms with van der Waals surface area (Å²) in [5.74, 6) is 0.